The van der Waals surface area contributed by atoms with Gasteiger partial charge < -0.3 is 14.8 Å². The monoisotopic (exact) mass is 384 g/mol. The quantitative estimate of drug-likeness (QED) is 0.558. The van der Waals surface area contributed by atoms with Crippen molar-refractivity contribution in [3.05, 3.63) is 0 Å². The average Bonchev–Trinajstić information content (AvgIpc) is 1.96. The average molecular weight is 387 g/mol. The third-order valence-electron chi connectivity index (χ3n) is 1.82. The summed E-state index contributed by atoms with van der Waals surface area (Å²) in [5, 5.41) is 18.4. The SMILES string of the molecule is O=P(CC(Cl)(Cl)Cl)(CC(Cl)(Cl)Cl)C(O)CCO. The second-order valence-corrected chi connectivity index (χ2v) is 11.7. The van der Waals surface area contributed by atoms with Gasteiger partial charge in [0.15, 0.2) is 7.59 Å². The largest absolute Gasteiger partial charge is 0.396 e. The minimum atomic E-state index is -3.47. The molecule has 0 saturated carbocycles. The fourth-order valence-corrected chi connectivity index (χ4v) is 7.20. The van der Waals surface area contributed by atoms with Crippen LogP contribution in [0.1, 0.15) is 6.42 Å². The van der Waals surface area contributed by atoms with E-state index >= 15 is 0 Å². The van der Waals surface area contributed by atoms with Crippen molar-refractivity contribution in [1.29, 1.82) is 0 Å². The molecule has 0 aliphatic rings. The highest BCUT2D eigenvalue weighted by Crippen LogP contribution is 2.59. The Labute approximate surface area is 130 Å². The molecule has 3 nitrogen and oxygen atoms in total. The number of aliphatic hydroxyl groups is 2. The van der Waals surface area contributed by atoms with Gasteiger partial charge in [-0.15, -0.1) is 0 Å². The second-order valence-electron chi connectivity index (χ2n) is 3.49. The van der Waals surface area contributed by atoms with Gasteiger partial charge in [-0.25, -0.2) is 0 Å². The topological polar surface area (TPSA) is 57.5 Å². The second kappa shape index (κ2) is 7.06. The van der Waals surface area contributed by atoms with E-state index in [0.29, 0.717) is 0 Å². The number of hydrogen-bond donors (Lipinski definition) is 2. The molecule has 0 rings (SSSR count). The number of rotatable bonds is 5. The van der Waals surface area contributed by atoms with Crippen molar-refractivity contribution in [3.63, 3.8) is 0 Å². The zero-order chi connectivity index (χ0) is 13.9. The molecule has 0 aromatic rings. The summed E-state index contributed by atoms with van der Waals surface area (Å²) in [6.45, 7) is -0.370. The van der Waals surface area contributed by atoms with E-state index in [-0.39, 0.29) is 13.0 Å². The maximum atomic E-state index is 12.5. The zero-order valence-corrected chi connectivity index (χ0v) is 13.9. The fourth-order valence-electron chi connectivity index (χ4n) is 1.22. The molecule has 1 unspecified atom stereocenters. The summed E-state index contributed by atoms with van der Waals surface area (Å²) >= 11 is 33.3. The Bertz CT molecular complexity index is 266. The molecule has 0 aliphatic carbocycles. The summed E-state index contributed by atoms with van der Waals surface area (Å²) in [6.07, 6.45) is -1.00. The molecule has 104 valence electrons. The Morgan fingerprint density at radius 1 is 1.00 bits per heavy atom. The third-order valence-corrected chi connectivity index (χ3v) is 7.11. The molecule has 10 heteroatoms. The highest BCUT2D eigenvalue weighted by Gasteiger charge is 2.43. The van der Waals surface area contributed by atoms with Gasteiger partial charge in [-0.3, -0.25) is 0 Å². The van der Waals surface area contributed by atoms with Gasteiger partial charge in [0.2, 0.25) is 0 Å². The van der Waals surface area contributed by atoms with Crippen LogP contribution in [-0.2, 0) is 4.57 Å². The fraction of sp³-hybridized carbons (Fsp3) is 1.00. The molecule has 2 N–H and O–H groups in total. The van der Waals surface area contributed by atoms with E-state index in [2.05, 4.69) is 0 Å². The lowest BCUT2D eigenvalue weighted by Crippen LogP contribution is -2.25. The van der Waals surface area contributed by atoms with Crippen molar-refractivity contribution >= 4 is 76.7 Å². The molecule has 0 fully saturated rings. The molecular formula is C7H11Cl6O3P. The van der Waals surface area contributed by atoms with Crippen LogP contribution in [-0.4, -0.2) is 42.6 Å². The van der Waals surface area contributed by atoms with E-state index in [1.807, 2.05) is 0 Å². The molecule has 1 atom stereocenters. The van der Waals surface area contributed by atoms with Crippen molar-refractivity contribution in [1.82, 2.24) is 0 Å². The minimum Gasteiger partial charge on any atom is -0.396 e. The minimum absolute atomic E-state index is 0.140. The Morgan fingerprint density at radius 2 is 1.35 bits per heavy atom. The molecule has 0 aromatic carbocycles. The lowest BCUT2D eigenvalue weighted by molar-refractivity contribution is 0.188. The number of halogens is 6. The van der Waals surface area contributed by atoms with Crippen LogP contribution in [0.5, 0.6) is 0 Å². The maximum absolute atomic E-state index is 12.5. The van der Waals surface area contributed by atoms with Crippen molar-refractivity contribution in [3.8, 4) is 0 Å². The molecule has 0 spiro atoms. The normalized spacial score (nSPS) is 16.0. The van der Waals surface area contributed by atoms with Crippen LogP contribution in [0.15, 0.2) is 0 Å². The predicted molar refractivity (Wildman–Crippen MR) is 75.6 cm³/mol. The van der Waals surface area contributed by atoms with Gasteiger partial charge in [0, 0.05) is 13.0 Å². The molecule has 0 radical (unpaired) electrons. The smallest absolute Gasteiger partial charge is 0.197 e. The van der Waals surface area contributed by atoms with Gasteiger partial charge in [0.1, 0.15) is 13.0 Å². The number of aliphatic hydroxyl groups excluding tert-OH is 2. The molecular weight excluding hydrogens is 376 g/mol. The van der Waals surface area contributed by atoms with Crippen molar-refractivity contribution in [2.45, 2.75) is 19.9 Å². The first-order chi connectivity index (χ1) is 7.40. The summed E-state index contributed by atoms with van der Waals surface area (Å²) in [7, 11) is -3.47. The lowest BCUT2D eigenvalue weighted by atomic mass is 10.5. The van der Waals surface area contributed by atoms with Crippen LogP contribution in [0.3, 0.4) is 0 Å². The van der Waals surface area contributed by atoms with Gasteiger partial charge in [-0.2, -0.15) is 0 Å². The van der Waals surface area contributed by atoms with Crippen LogP contribution in [0.25, 0.3) is 0 Å². The predicted octanol–water partition coefficient (Wildman–Crippen LogP) is 3.79. The van der Waals surface area contributed by atoms with E-state index in [9.17, 15) is 9.67 Å². The van der Waals surface area contributed by atoms with Crippen LogP contribution in [0, 0.1) is 0 Å². The van der Waals surface area contributed by atoms with Crippen LogP contribution >= 0.6 is 76.7 Å². The van der Waals surface area contributed by atoms with Crippen molar-refractivity contribution in [2.24, 2.45) is 0 Å². The van der Waals surface area contributed by atoms with Crippen LogP contribution in [0.4, 0.5) is 0 Å². The van der Waals surface area contributed by atoms with E-state index in [1.54, 1.807) is 0 Å². The summed E-state index contributed by atoms with van der Waals surface area (Å²) in [5.74, 6) is -1.38. The summed E-state index contributed by atoms with van der Waals surface area (Å²) < 4.78 is 8.80. The van der Waals surface area contributed by atoms with Gasteiger partial charge in [0.25, 0.3) is 0 Å². The van der Waals surface area contributed by atoms with E-state index in [4.69, 9.17) is 74.7 Å². The molecule has 0 saturated heterocycles. The van der Waals surface area contributed by atoms with E-state index < -0.39 is 32.9 Å². The van der Waals surface area contributed by atoms with Crippen LogP contribution < -0.4 is 0 Å². The van der Waals surface area contributed by atoms with E-state index in [1.165, 1.54) is 0 Å². The van der Waals surface area contributed by atoms with Gasteiger partial charge in [0.05, 0.1) is 12.3 Å². The molecule has 0 bridgehead atoms. The van der Waals surface area contributed by atoms with Gasteiger partial charge >= 0.3 is 0 Å². The molecule has 0 heterocycles. The first kappa shape index (κ1) is 18.9. The van der Waals surface area contributed by atoms with Crippen molar-refractivity contribution < 1.29 is 14.8 Å². The Morgan fingerprint density at radius 3 is 1.59 bits per heavy atom. The maximum Gasteiger partial charge on any atom is 0.197 e. The summed E-state index contributed by atoms with van der Waals surface area (Å²) in [4.78, 5) is 0. The highest BCUT2D eigenvalue weighted by molar-refractivity contribution is 7.65. The first-order valence-corrected chi connectivity index (χ1v) is 8.81. The Balaban J connectivity index is 5.01. The van der Waals surface area contributed by atoms with Gasteiger partial charge in [-0.1, -0.05) is 69.6 Å². The summed E-state index contributed by atoms with van der Waals surface area (Å²) in [6, 6.07) is 0. The van der Waals surface area contributed by atoms with Crippen LogP contribution in [0.2, 0.25) is 0 Å². The standard InChI is InChI=1S/C7H11Cl6O3P/c8-6(9,10)3-17(16,4-7(11,12)13)5(15)1-2-14/h5,14-15H,1-4H2. The van der Waals surface area contributed by atoms with Gasteiger partial charge in [-0.05, 0) is 0 Å². The Kier molecular flexibility index (Phi) is 7.84. The molecule has 17 heavy (non-hydrogen) atoms. The lowest BCUT2D eigenvalue weighted by Gasteiger charge is -2.28. The molecule has 0 aromatic heterocycles. The first-order valence-electron chi connectivity index (χ1n) is 4.40. The summed E-state index contributed by atoms with van der Waals surface area (Å²) in [5.41, 5.74) is 0. The zero-order valence-electron chi connectivity index (χ0n) is 8.42. The Hall–Kier alpha value is 1.89. The number of alkyl halides is 6. The van der Waals surface area contributed by atoms with Crippen molar-refractivity contribution in [2.75, 3.05) is 18.9 Å². The van der Waals surface area contributed by atoms with E-state index in [0.717, 1.165) is 0 Å². The third kappa shape index (κ3) is 8.62. The molecule has 0 amide bonds. The number of hydrogen-bond acceptors (Lipinski definition) is 3. The molecule has 0 aliphatic heterocycles. The highest BCUT2D eigenvalue weighted by atomic mass is 35.6.